The van der Waals surface area contributed by atoms with Gasteiger partial charge in [0.05, 0.1) is 5.56 Å². The molecule has 1 aliphatic rings. The molecule has 2 heterocycles. The molecule has 27 heavy (non-hydrogen) atoms. The number of rotatable bonds is 6. The van der Waals surface area contributed by atoms with Crippen molar-refractivity contribution in [1.82, 2.24) is 9.88 Å². The van der Waals surface area contributed by atoms with Crippen LogP contribution in [0.2, 0.25) is 0 Å². The van der Waals surface area contributed by atoms with Gasteiger partial charge >= 0.3 is 0 Å². The maximum atomic E-state index is 12.6. The first-order valence-electron chi connectivity index (χ1n) is 9.35. The fourth-order valence-corrected chi connectivity index (χ4v) is 3.26. The molecule has 142 valence electrons. The Hall–Kier alpha value is -2.89. The Kier molecular flexibility index (Phi) is 6.06. The number of aromatic nitrogens is 1. The minimum Gasteiger partial charge on any atom is -0.362 e. The standard InChI is InChI=1S/C21H26N4O2/c1-24(2)20-18(6-5-13-22-20)21(27)23-17-10-7-16(8-11-17)9-12-19(26)25-14-3-4-15-25/h5-8,10-11,13H,3-4,9,12,14-15H2,1-2H3,(H,23,27). The zero-order valence-corrected chi connectivity index (χ0v) is 15.9. The van der Waals surface area contributed by atoms with Crippen molar-refractivity contribution >= 4 is 23.3 Å². The number of anilines is 2. The minimum atomic E-state index is -0.191. The molecule has 2 aromatic rings. The van der Waals surface area contributed by atoms with Gasteiger partial charge in [-0.15, -0.1) is 0 Å². The third kappa shape index (κ3) is 4.84. The lowest BCUT2D eigenvalue weighted by molar-refractivity contribution is -0.130. The highest BCUT2D eigenvalue weighted by molar-refractivity contribution is 6.07. The van der Waals surface area contributed by atoms with Gasteiger partial charge in [0, 0.05) is 45.5 Å². The number of hydrogen-bond donors (Lipinski definition) is 1. The first-order valence-corrected chi connectivity index (χ1v) is 9.35. The molecule has 1 aromatic carbocycles. The van der Waals surface area contributed by atoms with Gasteiger partial charge in [0.1, 0.15) is 5.82 Å². The predicted octanol–water partition coefficient (Wildman–Crippen LogP) is 2.95. The SMILES string of the molecule is CN(C)c1ncccc1C(=O)Nc1ccc(CCC(=O)N2CCCC2)cc1. The van der Waals surface area contributed by atoms with Crippen LogP contribution in [0.5, 0.6) is 0 Å². The van der Waals surface area contributed by atoms with E-state index in [1.165, 1.54) is 0 Å². The molecule has 0 unspecified atom stereocenters. The molecule has 1 aliphatic heterocycles. The average Bonchev–Trinajstić information content (AvgIpc) is 3.22. The first kappa shape index (κ1) is 18.9. The van der Waals surface area contributed by atoms with Crippen LogP contribution >= 0.6 is 0 Å². The first-order chi connectivity index (χ1) is 13.0. The minimum absolute atomic E-state index is 0.191. The van der Waals surface area contributed by atoms with Crippen LogP contribution in [-0.2, 0) is 11.2 Å². The van der Waals surface area contributed by atoms with Crippen molar-refractivity contribution in [2.24, 2.45) is 0 Å². The highest BCUT2D eigenvalue weighted by Crippen LogP contribution is 2.18. The van der Waals surface area contributed by atoms with E-state index in [2.05, 4.69) is 10.3 Å². The summed E-state index contributed by atoms with van der Waals surface area (Å²) in [7, 11) is 3.72. The number of amides is 2. The molecule has 3 rings (SSSR count). The van der Waals surface area contributed by atoms with E-state index in [0.29, 0.717) is 17.8 Å². The monoisotopic (exact) mass is 366 g/mol. The molecule has 0 bridgehead atoms. The van der Waals surface area contributed by atoms with Crippen LogP contribution < -0.4 is 10.2 Å². The van der Waals surface area contributed by atoms with Crippen molar-refractivity contribution in [1.29, 1.82) is 0 Å². The van der Waals surface area contributed by atoms with E-state index in [4.69, 9.17) is 0 Å². The van der Waals surface area contributed by atoms with Crippen LogP contribution in [0.4, 0.5) is 11.5 Å². The number of pyridine rings is 1. The number of carbonyl (C=O) groups excluding carboxylic acids is 2. The molecule has 0 aliphatic carbocycles. The molecule has 6 nitrogen and oxygen atoms in total. The zero-order chi connectivity index (χ0) is 19.2. The van der Waals surface area contributed by atoms with Gasteiger partial charge < -0.3 is 15.1 Å². The Morgan fingerprint density at radius 1 is 1.11 bits per heavy atom. The summed E-state index contributed by atoms with van der Waals surface area (Å²) in [5.74, 6) is 0.675. The van der Waals surface area contributed by atoms with Gasteiger partial charge in [0.15, 0.2) is 0 Å². The summed E-state index contributed by atoms with van der Waals surface area (Å²) in [6, 6.07) is 11.2. The van der Waals surface area contributed by atoms with Crippen molar-refractivity contribution in [3.63, 3.8) is 0 Å². The van der Waals surface area contributed by atoms with Crippen molar-refractivity contribution < 1.29 is 9.59 Å². The van der Waals surface area contributed by atoms with Gasteiger partial charge in [0.2, 0.25) is 5.91 Å². The van der Waals surface area contributed by atoms with Gasteiger partial charge in [-0.1, -0.05) is 12.1 Å². The van der Waals surface area contributed by atoms with E-state index < -0.39 is 0 Å². The van der Waals surface area contributed by atoms with Crippen LogP contribution in [0.3, 0.4) is 0 Å². The highest BCUT2D eigenvalue weighted by atomic mass is 16.2. The third-order valence-corrected chi connectivity index (χ3v) is 4.75. The summed E-state index contributed by atoms with van der Waals surface area (Å²) in [6.07, 6.45) is 5.16. The lowest BCUT2D eigenvalue weighted by atomic mass is 10.1. The van der Waals surface area contributed by atoms with Crippen LogP contribution in [0.25, 0.3) is 0 Å². The van der Waals surface area contributed by atoms with Gasteiger partial charge in [-0.05, 0) is 49.1 Å². The summed E-state index contributed by atoms with van der Waals surface area (Å²) in [6.45, 7) is 1.79. The van der Waals surface area contributed by atoms with Crippen molar-refractivity contribution in [2.45, 2.75) is 25.7 Å². The third-order valence-electron chi connectivity index (χ3n) is 4.75. The van der Waals surface area contributed by atoms with Crippen molar-refractivity contribution in [3.8, 4) is 0 Å². The smallest absolute Gasteiger partial charge is 0.259 e. The molecule has 1 N–H and O–H groups in total. The molecule has 1 fully saturated rings. The number of hydrogen-bond acceptors (Lipinski definition) is 4. The Morgan fingerprint density at radius 3 is 2.48 bits per heavy atom. The van der Waals surface area contributed by atoms with Crippen molar-refractivity contribution in [3.05, 3.63) is 53.7 Å². The van der Waals surface area contributed by atoms with E-state index in [9.17, 15) is 9.59 Å². The fourth-order valence-electron chi connectivity index (χ4n) is 3.26. The second kappa shape index (κ2) is 8.66. The molecule has 0 saturated carbocycles. The fraction of sp³-hybridized carbons (Fsp3) is 0.381. The largest absolute Gasteiger partial charge is 0.362 e. The van der Waals surface area contributed by atoms with Gasteiger partial charge in [0.25, 0.3) is 5.91 Å². The molecule has 2 amide bonds. The number of benzene rings is 1. The van der Waals surface area contributed by atoms with Crippen LogP contribution in [0.15, 0.2) is 42.6 Å². The lowest BCUT2D eigenvalue weighted by Crippen LogP contribution is -2.27. The Bertz CT molecular complexity index is 796. The molecular formula is C21H26N4O2. The normalized spacial score (nSPS) is 13.5. The number of likely N-dealkylation sites (tertiary alicyclic amines) is 1. The topological polar surface area (TPSA) is 65.5 Å². The quantitative estimate of drug-likeness (QED) is 0.854. The Labute approximate surface area is 160 Å². The molecule has 0 radical (unpaired) electrons. The van der Waals surface area contributed by atoms with E-state index in [0.717, 1.165) is 43.6 Å². The Morgan fingerprint density at radius 2 is 1.81 bits per heavy atom. The number of nitrogens with zero attached hydrogens (tertiary/aromatic N) is 3. The van der Waals surface area contributed by atoms with Gasteiger partial charge in [-0.25, -0.2) is 4.98 Å². The molecular weight excluding hydrogens is 340 g/mol. The average molecular weight is 366 g/mol. The summed E-state index contributed by atoms with van der Waals surface area (Å²) in [5, 5.41) is 2.91. The summed E-state index contributed by atoms with van der Waals surface area (Å²) < 4.78 is 0. The maximum absolute atomic E-state index is 12.6. The predicted molar refractivity (Wildman–Crippen MR) is 107 cm³/mol. The Balaban J connectivity index is 1.57. The summed E-state index contributed by atoms with van der Waals surface area (Å²) >= 11 is 0. The van der Waals surface area contributed by atoms with Gasteiger partial charge in [-0.3, -0.25) is 9.59 Å². The van der Waals surface area contributed by atoms with E-state index in [1.807, 2.05) is 48.2 Å². The van der Waals surface area contributed by atoms with E-state index in [-0.39, 0.29) is 11.8 Å². The van der Waals surface area contributed by atoms with Crippen LogP contribution in [-0.4, -0.2) is 48.9 Å². The maximum Gasteiger partial charge on any atom is 0.259 e. The van der Waals surface area contributed by atoms with Crippen LogP contribution in [0.1, 0.15) is 35.2 Å². The van der Waals surface area contributed by atoms with E-state index >= 15 is 0 Å². The second-order valence-corrected chi connectivity index (χ2v) is 7.01. The number of aryl methyl sites for hydroxylation is 1. The highest BCUT2D eigenvalue weighted by Gasteiger charge is 2.17. The van der Waals surface area contributed by atoms with Crippen LogP contribution in [0, 0.1) is 0 Å². The van der Waals surface area contributed by atoms with E-state index in [1.54, 1.807) is 18.3 Å². The van der Waals surface area contributed by atoms with Crippen molar-refractivity contribution in [2.75, 3.05) is 37.4 Å². The zero-order valence-electron chi connectivity index (χ0n) is 15.9. The molecule has 0 spiro atoms. The number of nitrogens with one attached hydrogen (secondary N) is 1. The summed E-state index contributed by atoms with van der Waals surface area (Å²) in [5.41, 5.74) is 2.35. The molecule has 1 aromatic heterocycles. The molecule has 6 heteroatoms. The lowest BCUT2D eigenvalue weighted by Gasteiger charge is -2.16. The van der Waals surface area contributed by atoms with Gasteiger partial charge in [-0.2, -0.15) is 0 Å². The summed E-state index contributed by atoms with van der Waals surface area (Å²) in [4.78, 5) is 32.7. The molecule has 0 atom stereocenters. The second-order valence-electron chi connectivity index (χ2n) is 7.01. The number of carbonyl (C=O) groups is 2. The molecule has 1 saturated heterocycles.